The Morgan fingerprint density at radius 3 is 2.73 bits per heavy atom. The number of aromatic nitrogens is 1. The van der Waals surface area contributed by atoms with Gasteiger partial charge in [-0.3, -0.25) is 4.79 Å². The van der Waals surface area contributed by atoms with Crippen molar-refractivity contribution in [3.63, 3.8) is 0 Å². The number of benzene rings is 1. The first kappa shape index (κ1) is 18.2. The van der Waals surface area contributed by atoms with E-state index in [9.17, 15) is 22.4 Å². The molecular weight excluding hydrogens is 350 g/mol. The minimum absolute atomic E-state index is 0.0800. The Morgan fingerprint density at radius 1 is 1.27 bits per heavy atom. The van der Waals surface area contributed by atoms with E-state index in [1.807, 2.05) is 0 Å². The number of alkyl halides is 3. The third-order valence-corrected chi connectivity index (χ3v) is 4.34. The van der Waals surface area contributed by atoms with Crippen molar-refractivity contribution >= 4 is 11.7 Å². The maximum atomic E-state index is 13.6. The molecule has 1 aromatic heterocycles. The molecule has 2 heterocycles. The maximum absolute atomic E-state index is 13.6. The lowest BCUT2D eigenvalue weighted by Gasteiger charge is -2.20. The van der Waals surface area contributed by atoms with Gasteiger partial charge in [0.15, 0.2) is 0 Å². The van der Waals surface area contributed by atoms with Crippen LogP contribution in [-0.4, -0.2) is 22.3 Å². The van der Waals surface area contributed by atoms with Crippen LogP contribution < -0.4 is 5.32 Å². The summed E-state index contributed by atoms with van der Waals surface area (Å²) in [5.74, 6) is -0.487. The minimum Gasteiger partial charge on any atom is -0.363 e. The number of pyridine rings is 1. The molecule has 4 nitrogen and oxygen atoms in total. The highest BCUT2D eigenvalue weighted by Crippen LogP contribution is 2.32. The van der Waals surface area contributed by atoms with Gasteiger partial charge < -0.3 is 10.2 Å². The molecule has 1 atom stereocenters. The maximum Gasteiger partial charge on any atom is 0.433 e. The van der Waals surface area contributed by atoms with E-state index in [2.05, 4.69) is 10.3 Å². The molecule has 1 N–H and O–H groups in total. The third-order valence-electron chi connectivity index (χ3n) is 4.34. The molecule has 8 heteroatoms. The number of hydrogen-bond donors (Lipinski definition) is 1. The molecule has 0 saturated carbocycles. The summed E-state index contributed by atoms with van der Waals surface area (Å²) in [6.07, 6.45) is -4.07. The zero-order valence-corrected chi connectivity index (χ0v) is 14.0. The van der Waals surface area contributed by atoms with Gasteiger partial charge in [0.05, 0.1) is 6.04 Å². The van der Waals surface area contributed by atoms with Gasteiger partial charge in [0.1, 0.15) is 17.3 Å². The highest BCUT2D eigenvalue weighted by Gasteiger charge is 2.33. The predicted molar refractivity (Wildman–Crippen MR) is 87.7 cm³/mol. The van der Waals surface area contributed by atoms with Crippen LogP contribution in [0.15, 0.2) is 36.4 Å². The summed E-state index contributed by atoms with van der Waals surface area (Å²) in [4.78, 5) is 16.9. The first-order chi connectivity index (χ1) is 12.2. The molecule has 1 unspecified atom stereocenters. The number of fused-ring (bicyclic) bond motifs is 1. The first-order valence-corrected chi connectivity index (χ1v) is 8.08. The van der Waals surface area contributed by atoms with Crippen molar-refractivity contribution in [1.29, 1.82) is 0 Å². The van der Waals surface area contributed by atoms with Crippen LogP contribution in [0.5, 0.6) is 0 Å². The SMILES string of the molecule is CC(=O)N1CCC(Nc2cccc(C(F)(F)F)n2)c2ccc(F)cc2C1. The molecule has 2 aromatic rings. The van der Waals surface area contributed by atoms with Crippen molar-refractivity contribution in [3.8, 4) is 0 Å². The van der Waals surface area contributed by atoms with Crippen LogP contribution in [0, 0.1) is 5.82 Å². The lowest BCUT2D eigenvalue weighted by Crippen LogP contribution is -2.28. The van der Waals surface area contributed by atoms with Gasteiger partial charge in [0.2, 0.25) is 5.91 Å². The topological polar surface area (TPSA) is 45.2 Å². The second-order valence-corrected chi connectivity index (χ2v) is 6.18. The zero-order valence-electron chi connectivity index (χ0n) is 14.0. The zero-order chi connectivity index (χ0) is 18.9. The quantitative estimate of drug-likeness (QED) is 0.812. The number of nitrogens with one attached hydrogen (secondary N) is 1. The Labute approximate surface area is 147 Å². The van der Waals surface area contributed by atoms with Gasteiger partial charge in [0, 0.05) is 20.0 Å². The summed E-state index contributed by atoms with van der Waals surface area (Å²) in [7, 11) is 0. The molecule has 0 aliphatic carbocycles. The van der Waals surface area contributed by atoms with E-state index in [0.29, 0.717) is 18.5 Å². The summed E-state index contributed by atoms with van der Waals surface area (Å²) in [5.41, 5.74) is 0.386. The smallest absolute Gasteiger partial charge is 0.363 e. The largest absolute Gasteiger partial charge is 0.433 e. The number of nitrogens with zero attached hydrogens (tertiary/aromatic N) is 2. The second-order valence-electron chi connectivity index (χ2n) is 6.18. The number of amides is 1. The number of halogens is 4. The number of rotatable bonds is 2. The van der Waals surface area contributed by atoms with Gasteiger partial charge in [-0.2, -0.15) is 13.2 Å². The molecule has 138 valence electrons. The van der Waals surface area contributed by atoms with Gasteiger partial charge in [-0.1, -0.05) is 12.1 Å². The molecule has 1 amide bonds. The van der Waals surface area contributed by atoms with Crippen LogP contribution in [0.1, 0.15) is 36.2 Å². The number of hydrogen-bond acceptors (Lipinski definition) is 3. The van der Waals surface area contributed by atoms with E-state index in [4.69, 9.17) is 0 Å². The Balaban J connectivity index is 1.92. The number of carbonyl (C=O) groups is 1. The van der Waals surface area contributed by atoms with Gasteiger partial charge >= 0.3 is 6.18 Å². The summed E-state index contributed by atoms with van der Waals surface area (Å²) in [6.45, 7) is 2.10. The van der Waals surface area contributed by atoms with Crippen molar-refractivity contribution in [2.24, 2.45) is 0 Å². The van der Waals surface area contributed by atoms with E-state index in [-0.39, 0.29) is 24.3 Å². The van der Waals surface area contributed by atoms with Crippen LogP contribution in [0.4, 0.5) is 23.4 Å². The van der Waals surface area contributed by atoms with E-state index in [1.54, 1.807) is 11.0 Å². The van der Waals surface area contributed by atoms with Gasteiger partial charge in [0.25, 0.3) is 0 Å². The average Bonchev–Trinajstić information content (AvgIpc) is 2.74. The molecule has 0 saturated heterocycles. The number of carbonyl (C=O) groups excluding carboxylic acids is 1. The summed E-state index contributed by atoms with van der Waals surface area (Å²) < 4.78 is 52.2. The molecule has 26 heavy (non-hydrogen) atoms. The molecule has 0 spiro atoms. The fraction of sp³-hybridized carbons (Fsp3) is 0.333. The third kappa shape index (κ3) is 3.95. The van der Waals surface area contributed by atoms with Crippen LogP contribution in [0.25, 0.3) is 0 Å². The van der Waals surface area contributed by atoms with E-state index >= 15 is 0 Å². The average molecular weight is 367 g/mol. The van der Waals surface area contributed by atoms with Crippen molar-refractivity contribution in [3.05, 3.63) is 59.0 Å². The van der Waals surface area contributed by atoms with E-state index < -0.39 is 17.7 Å². The normalized spacial score (nSPS) is 17.4. The fourth-order valence-corrected chi connectivity index (χ4v) is 3.05. The van der Waals surface area contributed by atoms with Crippen LogP contribution >= 0.6 is 0 Å². The van der Waals surface area contributed by atoms with Gasteiger partial charge in [-0.05, 0) is 41.8 Å². The van der Waals surface area contributed by atoms with E-state index in [1.165, 1.54) is 31.2 Å². The minimum atomic E-state index is -4.53. The van der Waals surface area contributed by atoms with Gasteiger partial charge in [-0.15, -0.1) is 0 Å². The Morgan fingerprint density at radius 2 is 2.04 bits per heavy atom. The molecule has 0 bridgehead atoms. The molecule has 0 radical (unpaired) electrons. The highest BCUT2D eigenvalue weighted by atomic mass is 19.4. The molecular formula is C18H17F4N3O. The van der Waals surface area contributed by atoms with Crippen molar-refractivity contribution in [2.75, 3.05) is 11.9 Å². The number of anilines is 1. The molecule has 1 aliphatic heterocycles. The predicted octanol–water partition coefficient (Wildman–Crippen LogP) is 4.14. The van der Waals surface area contributed by atoms with Crippen molar-refractivity contribution < 1.29 is 22.4 Å². The molecule has 1 aromatic carbocycles. The van der Waals surface area contributed by atoms with Crippen LogP contribution in [-0.2, 0) is 17.5 Å². The lowest BCUT2D eigenvalue weighted by atomic mass is 9.99. The van der Waals surface area contributed by atoms with Crippen molar-refractivity contribution in [2.45, 2.75) is 32.1 Å². The van der Waals surface area contributed by atoms with Crippen LogP contribution in [0.2, 0.25) is 0 Å². The Kier molecular flexibility index (Phi) is 4.84. The van der Waals surface area contributed by atoms with Crippen molar-refractivity contribution in [1.82, 2.24) is 9.88 Å². The lowest BCUT2D eigenvalue weighted by molar-refractivity contribution is -0.141. The van der Waals surface area contributed by atoms with Gasteiger partial charge in [-0.25, -0.2) is 9.37 Å². The molecule has 1 aliphatic rings. The monoisotopic (exact) mass is 367 g/mol. The highest BCUT2D eigenvalue weighted by molar-refractivity contribution is 5.73. The Bertz CT molecular complexity index is 822. The second kappa shape index (κ2) is 6.93. The molecule has 0 fully saturated rings. The standard InChI is InChI=1S/C18H17F4N3O/c1-11(26)25-8-7-15(14-6-5-13(19)9-12(14)10-25)23-17-4-2-3-16(24-17)18(20,21)22/h2-6,9,15H,7-8,10H2,1H3,(H,23,24). The first-order valence-electron chi connectivity index (χ1n) is 8.08. The fourth-order valence-electron chi connectivity index (χ4n) is 3.05. The Hall–Kier alpha value is -2.64. The molecule has 3 rings (SSSR count). The summed E-state index contributed by atoms with van der Waals surface area (Å²) in [5, 5.41) is 3.00. The summed E-state index contributed by atoms with van der Waals surface area (Å²) >= 11 is 0. The summed E-state index contributed by atoms with van der Waals surface area (Å²) in [6, 6.07) is 7.50. The van der Waals surface area contributed by atoms with E-state index in [0.717, 1.165) is 11.6 Å². The van der Waals surface area contributed by atoms with Crippen LogP contribution in [0.3, 0.4) is 0 Å².